The fourth-order valence-corrected chi connectivity index (χ4v) is 1.60. The van der Waals surface area contributed by atoms with Crippen molar-refractivity contribution in [2.75, 3.05) is 0 Å². The highest BCUT2D eigenvalue weighted by Gasteiger charge is 2.31. The van der Waals surface area contributed by atoms with E-state index in [1.165, 1.54) is 0 Å². The average Bonchev–Trinajstić information content (AvgIpc) is 2.46. The molecule has 1 aliphatic rings. The lowest BCUT2D eigenvalue weighted by atomic mass is 9.76. The smallest absolute Gasteiger partial charge is 0.229 e. The molecule has 1 aliphatic carbocycles. The van der Waals surface area contributed by atoms with E-state index in [1.54, 1.807) is 0 Å². The van der Waals surface area contributed by atoms with E-state index in [0.29, 0.717) is 17.6 Å². The third kappa shape index (κ3) is 1.22. The van der Waals surface area contributed by atoms with Crippen molar-refractivity contribution in [3.63, 3.8) is 0 Å². The van der Waals surface area contributed by atoms with E-state index < -0.39 is 0 Å². The van der Waals surface area contributed by atoms with Crippen molar-refractivity contribution in [3.8, 4) is 0 Å². The number of aliphatic hydroxyl groups is 1. The summed E-state index contributed by atoms with van der Waals surface area (Å²) in [5.74, 6) is 2.30. The number of aromatic nitrogens is 2. The monoisotopic (exact) mass is 168 g/mol. The minimum atomic E-state index is -0.133. The van der Waals surface area contributed by atoms with Gasteiger partial charge in [-0.05, 0) is 18.8 Å². The topological polar surface area (TPSA) is 59.2 Å². The van der Waals surface area contributed by atoms with Gasteiger partial charge in [0.2, 0.25) is 5.89 Å². The van der Waals surface area contributed by atoms with Crippen LogP contribution in [-0.2, 0) is 6.61 Å². The quantitative estimate of drug-likeness (QED) is 0.717. The van der Waals surface area contributed by atoms with E-state index >= 15 is 0 Å². The van der Waals surface area contributed by atoms with Crippen LogP contribution in [0.4, 0.5) is 0 Å². The Hall–Kier alpha value is -0.900. The molecule has 2 rings (SSSR count). The minimum absolute atomic E-state index is 0.133. The SMILES string of the molecule is CC1CC(c2nc(CO)no2)C1. The zero-order valence-corrected chi connectivity index (χ0v) is 7.03. The van der Waals surface area contributed by atoms with Crippen molar-refractivity contribution >= 4 is 0 Å². The lowest BCUT2D eigenvalue weighted by molar-refractivity contribution is 0.225. The van der Waals surface area contributed by atoms with E-state index in [-0.39, 0.29) is 6.61 Å². The van der Waals surface area contributed by atoms with Crippen LogP contribution in [0.1, 0.15) is 37.4 Å². The second-order valence-electron chi connectivity index (χ2n) is 3.48. The minimum Gasteiger partial charge on any atom is -0.388 e. The summed E-state index contributed by atoms with van der Waals surface area (Å²) in [4.78, 5) is 4.06. The maximum absolute atomic E-state index is 8.69. The Balaban J connectivity index is 2.04. The highest BCUT2D eigenvalue weighted by atomic mass is 16.5. The molecule has 0 aliphatic heterocycles. The van der Waals surface area contributed by atoms with E-state index in [9.17, 15) is 0 Å². The number of hydrogen-bond donors (Lipinski definition) is 1. The first-order valence-electron chi connectivity index (χ1n) is 4.23. The molecule has 1 fully saturated rings. The Bertz CT molecular complexity index is 266. The van der Waals surface area contributed by atoms with Crippen molar-refractivity contribution in [1.82, 2.24) is 10.1 Å². The molecule has 4 nitrogen and oxygen atoms in total. The van der Waals surface area contributed by atoms with Crippen molar-refractivity contribution in [2.24, 2.45) is 5.92 Å². The second-order valence-corrected chi connectivity index (χ2v) is 3.48. The van der Waals surface area contributed by atoms with Crippen molar-refractivity contribution < 1.29 is 9.63 Å². The molecule has 0 amide bonds. The van der Waals surface area contributed by atoms with Crippen LogP contribution in [0.3, 0.4) is 0 Å². The first-order chi connectivity index (χ1) is 5.79. The van der Waals surface area contributed by atoms with Crippen molar-refractivity contribution in [1.29, 1.82) is 0 Å². The number of rotatable bonds is 2. The van der Waals surface area contributed by atoms with Gasteiger partial charge in [0.25, 0.3) is 0 Å². The zero-order chi connectivity index (χ0) is 8.55. The van der Waals surface area contributed by atoms with Gasteiger partial charge in [-0.15, -0.1) is 0 Å². The van der Waals surface area contributed by atoms with Gasteiger partial charge >= 0.3 is 0 Å². The normalized spacial score (nSPS) is 28.5. The molecular formula is C8H12N2O2. The third-order valence-electron chi connectivity index (χ3n) is 2.35. The van der Waals surface area contributed by atoms with Crippen LogP contribution in [0.15, 0.2) is 4.52 Å². The van der Waals surface area contributed by atoms with Gasteiger partial charge in [-0.25, -0.2) is 0 Å². The summed E-state index contributed by atoms with van der Waals surface area (Å²) in [6.07, 6.45) is 2.26. The summed E-state index contributed by atoms with van der Waals surface area (Å²) in [7, 11) is 0. The average molecular weight is 168 g/mol. The predicted octanol–water partition coefficient (Wildman–Crippen LogP) is 1.08. The van der Waals surface area contributed by atoms with Gasteiger partial charge in [-0.3, -0.25) is 0 Å². The van der Waals surface area contributed by atoms with Crippen LogP contribution in [0, 0.1) is 5.92 Å². The molecule has 4 heteroatoms. The fraction of sp³-hybridized carbons (Fsp3) is 0.750. The van der Waals surface area contributed by atoms with Crippen LogP contribution in [0.5, 0.6) is 0 Å². The van der Waals surface area contributed by atoms with Crippen LogP contribution in [0.25, 0.3) is 0 Å². The van der Waals surface area contributed by atoms with Gasteiger partial charge in [-0.1, -0.05) is 12.1 Å². The molecule has 0 atom stereocenters. The zero-order valence-electron chi connectivity index (χ0n) is 7.03. The summed E-state index contributed by atoms with van der Waals surface area (Å²) in [6.45, 7) is 2.07. The van der Waals surface area contributed by atoms with Gasteiger partial charge in [0.05, 0.1) is 0 Å². The largest absolute Gasteiger partial charge is 0.388 e. The molecule has 1 aromatic rings. The van der Waals surface area contributed by atoms with Crippen LogP contribution in [0.2, 0.25) is 0 Å². The van der Waals surface area contributed by atoms with Crippen molar-refractivity contribution in [3.05, 3.63) is 11.7 Å². The van der Waals surface area contributed by atoms with E-state index in [4.69, 9.17) is 9.63 Å². The van der Waals surface area contributed by atoms with Crippen LogP contribution in [-0.4, -0.2) is 15.2 Å². The summed E-state index contributed by atoms with van der Waals surface area (Å²) < 4.78 is 4.99. The molecule has 66 valence electrons. The number of nitrogens with zero attached hydrogens (tertiary/aromatic N) is 2. The predicted molar refractivity (Wildman–Crippen MR) is 41.4 cm³/mol. The van der Waals surface area contributed by atoms with Crippen LogP contribution >= 0.6 is 0 Å². The molecule has 0 unspecified atom stereocenters. The Morgan fingerprint density at radius 2 is 2.33 bits per heavy atom. The van der Waals surface area contributed by atoms with E-state index in [0.717, 1.165) is 18.8 Å². The highest BCUT2D eigenvalue weighted by Crippen LogP contribution is 2.40. The maximum atomic E-state index is 8.69. The van der Waals surface area contributed by atoms with Crippen LogP contribution < -0.4 is 0 Å². The van der Waals surface area contributed by atoms with E-state index in [2.05, 4.69) is 17.1 Å². The molecule has 1 saturated carbocycles. The molecule has 1 heterocycles. The summed E-state index contributed by atoms with van der Waals surface area (Å²) >= 11 is 0. The Labute approximate surface area is 70.6 Å². The Morgan fingerprint density at radius 3 is 2.83 bits per heavy atom. The molecule has 0 spiro atoms. The Kier molecular flexibility index (Phi) is 1.84. The molecule has 0 radical (unpaired) electrons. The first-order valence-corrected chi connectivity index (χ1v) is 4.23. The molecule has 12 heavy (non-hydrogen) atoms. The highest BCUT2D eigenvalue weighted by molar-refractivity contribution is 4.99. The third-order valence-corrected chi connectivity index (χ3v) is 2.35. The Morgan fingerprint density at radius 1 is 1.58 bits per heavy atom. The summed E-state index contributed by atoms with van der Waals surface area (Å²) in [5.41, 5.74) is 0. The molecule has 0 saturated heterocycles. The first kappa shape index (κ1) is 7.73. The number of hydrogen-bond acceptors (Lipinski definition) is 4. The lowest BCUT2D eigenvalue weighted by Gasteiger charge is -2.29. The van der Waals surface area contributed by atoms with Gasteiger partial charge in [0, 0.05) is 5.92 Å². The van der Waals surface area contributed by atoms with Gasteiger partial charge in [0.15, 0.2) is 5.82 Å². The standard InChI is InChI=1S/C8H12N2O2/c1-5-2-6(3-5)8-9-7(4-11)10-12-8/h5-6,11H,2-4H2,1H3. The van der Waals surface area contributed by atoms with Gasteiger partial charge in [-0.2, -0.15) is 4.98 Å². The fourth-order valence-electron chi connectivity index (χ4n) is 1.60. The molecule has 0 bridgehead atoms. The molecule has 1 N–H and O–H groups in total. The van der Waals surface area contributed by atoms with E-state index in [1.807, 2.05) is 0 Å². The molecule has 0 aromatic carbocycles. The summed E-state index contributed by atoms with van der Waals surface area (Å²) in [6, 6.07) is 0. The second kappa shape index (κ2) is 2.86. The summed E-state index contributed by atoms with van der Waals surface area (Å²) in [5, 5.41) is 12.3. The van der Waals surface area contributed by atoms with Gasteiger partial charge in [0.1, 0.15) is 6.61 Å². The molecule has 1 aromatic heterocycles. The molecular weight excluding hydrogens is 156 g/mol. The van der Waals surface area contributed by atoms with Crippen molar-refractivity contribution in [2.45, 2.75) is 32.3 Å². The maximum Gasteiger partial charge on any atom is 0.229 e. The van der Waals surface area contributed by atoms with Gasteiger partial charge < -0.3 is 9.63 Å². The lowest BCUT2D eigenvalue weighted by Crippen LogP contribution is -2.19. The number of aliphatic hydroxyl groups excluding tert-OH is 1.